The van der Waals surface area contributed by atoms with Crippen LogP contribution >= 0.6 is 0 Å². The number of fused-ring (bicyclic) bond motifs is 1. The Labute approximate surface area is 136 Å². The second-order valence-electron chi connectivity index (χ2n) is 5.36. The van der Waals surface area contributed by atoms with E-state index in [-0.39, 0.29) is 24.3 Å². The predicted octanol–water partition coefficient (Wildman–Crippen LogP) is 3.12. The van der Waals surface area contributed by atoms with Crippen molar-refractivity contribution in [3.63, 3.8) is 0 Å². The van der Waals surface area contributed by atoms with E-state index in [2.05, 4.69) is 0 Å². The van der Waals surface area contributed by atoms with E-state index >= 15 is 0 Å². The molecule has 0 unspecified atom stereocenters. The molecule has 1 aliphatic rings. The van der Waals surface area contributed by atoms with Gasteiger partial charge in [-0.15, -0.1) is 0 Å². The summed E-state index contributed by atoms with van der Waals surface area (Å²) in [5, 5.41) is 9.28. The fourth-order valence-corrected chi connectivity index (χ4v) is 2.71. The van der Waals surface area contributed by atoms with Crippen LogP contribution in [0.3, 0.4) is 0 Å². The molecule has 0 bridgehead atoms. The van der Waals surface area contributed by atoms with Crippen LogP contribution in [0.1, 0.15) is 11.1 Å². The summed E-state index contributed by atoms with van der Waals surface area (Å²) in [6.45, 7) is -0.0827. The molecular formula is C17H13F2NO4. The van der Waals surface area contributed by atoms with E-state index in [9.17, 15) is 23.5 Å². The van der Waals surface area contributed by atoms with Crippen molar-refractivity contribution in [2.24, 2.45) is 0 Å². The van der Waals surface area contributed by atoms with Gasteiger partial charge >= 0.3 is 12.1 Å². The average molecular weight is 333 g/mol. The number of carbonyl (C=O) groups excluding carboxylic acids is 1. The number of carboxylic acids is 1. The maximum atomic E-state index is 14.1. The summed E-state index contributed by atoms with van der Waals surface area (Å²) < 4.78 is 32.5. The first kappa shape index (κ1) is 15.9. The molecule has 0 saturated carbocycles. The molecule has 0 spiro atoms. The fourth-order valence-electron chi connectivity index (χ4n) is 2.71. The highest BCUT2D eigenvalue weighted by molar-refractivity contribution is 5.98. The number of ether oxygens (including phenoxy) is 1. The van der Waals surface area contributed by atoms with E-state index in [1.165, 1.54) is 0 Å². The Hall–Kier alpha value is -2.96. The summed E-state index contributed by atoms with van der Waals surface area (Å²) >= 11 is 0. The zero-order valence-electron chi connectivity index (χ0n) is 12.4. The normalized spacial score (nSPS) is 15.9. The minimum Gasteiger partial charge on any atom is -0.480 e. The van der Waals surface area contributed by atoms with E-state index in [1.54, 1.807) is 30.3 Å². The van der Waals surface area contributed by atoms with Gasteiger partial charge < -0.3 is 9.84 Å². The van der Waals surface area contributed by atoms with Crippen LogP contribution < -0.4 is 4.90 Å². The number of carboxylic acid groups (broad SMARTS) is 1. The van der Waals surface area contributed by atoms with Gasteiger partial charge in [-0.2, -0.15) is 0 Å². The van der Waals surface area contributed by atoms with E-state index < -0.39 is 29.7 Å². The van der Waals surface area contributed by atoms with Gasteiger partial charge in [-0.25, -0.2) is 18.4 Å². The molecule has 3 rings (SSSR count). The second kappa shape index (κ2) is 6.27. The van der Waals surface area contributed by atoms with Gasteiger partial charge in [0, 0.05) is 12.5 Å². The fraction of sp³-hybridized carbons (Fsp3) is 0.176. The predicted molar refractivity (Wildman–Crippen MR) is 80.6 cm³/mol. The Bertz CT molecular complexity index is 795. The zero-order valence-corrected chi connectivity index (χ0v) is 12.4. The first-order chi connectivity index (χ1) is 11.5. The Morgan fingerprint density at radius 1 is 1.21 bits per heavy atom. The highest BCUT2D eigenvalue weighted by Gasteiger charge is 2.41. The summed E-state index contributed by atoms with van der Waals surface area (Å²) in [4.78, 5) is 24.4. The van der Waals surface area contributed by atoms with Crippen LogP contribution in [0.2, 0.25) is 0 Å². The van der Waals surface area contributed by atoms with Gasteiger partial charge in [-0.3, -0.25) is 4.90 Å². The minimum absolute atomic E-state index is 0.0827. The molecule has 2 aromatic rings. The summed E-state index contributed by atoms with van der Waals surface area (Å²) in [7, 11) is 0. The number of hydrogen-bond donors (Lipinski definition) is 1. The van der Waals surface area contributed by atoms with E-state index in [1.807, 2.05) is 0 Å². The SMILES string of the molecule is O=C(O)[C@@H]1Cc2cc(F)cc(F)c2N1C(=O)OCc1ccccc1. The topological polar surface area (TPSA) is 66.8 Å². The molecule has 0 fully saturated rings. The van der Waals surface area contributed by atoms with Crippen LogP contribution in [-0.2, 0) is 22.6 Å². The molecule has 0 aromatic heterocycles. The minimum atomic E-state index is -1.33. The molecule has 124 valence electrons. The number of hydrogen-bond acceptors (Lipinski definition) is 3. The van der Waals surface area contributed by atoms with Gasteiger partial charge in [0.2, 0.25) is 0 Å². The van der Waals surface area contributed by atoms with Crippen molar-refractivity contribution in [1.29, 1.82) is 0 Å². The van der Waals surface area contributed by atoms with Crippen molar-refractivity contribution in [2.45, 2.75) is 19.1 Å². The standard InChI is InChI=1S/C17H13F2NO4/c18-12-6-11-7-14(16(21)22)20(15(11)13(19)8-12)17(23)24-9-10-4-2-1-3-5-10/h1-6,8,14H,7,9H2,(H,21,22)/t14-/m0/s1. The third kappa shape index (κ3) is 2.92. The molecule has 1 amide bonds. The van der Waals surface area contributed by atoms with Crippen LogP contribution in [0.25, 0.3) is 0 Å². The number of halogens is 2. The second-order valence-corrected chi connectivity index (χ2v) is 5.36. The molecule has 7 heteroatoms. The van der Waals surface area contributed by atoms with Gasteiger partial charge in [0.15, 0.2) is 0 Å². The number of rotatable bonds is 3. The largest absolute Gasteiger partial charge is 0.480 e. The molecule has 0 radical (unpaired) electrons. The van der Waals surface area contributed by atoms with Crippen molar-refractivity contribution in [3.8, 4) is 0 Å². The maximum absolute atomic E-state index is 14.1. The Morgan fingerprint density at radius 2 is 1.92 bits per heavy atom. The van der Waals surface area contributed by atoms with E-state index in [0.717, 1.165) is 11.0 Å². The maximum Gasteiger partial charge on any atom is 0.415 e. The summed E-state index contributed by atoms with van der Waals surface area (Å²) in [6.07, 6.45) is -1.17. The lowest BCUT2D eigenvalue weighted by atomic mass is 10.1. The Kier molecular flexibility index (Phi) is 4.16. The Morgan fingerprint density at radius 3 is 2.58 bits per heavy atom. The van der Waals surface area contributed by atoms with Crippen LogP contribution in [0.5, 0.6) is 0 Å². The number of nitrogens with zero attached hydrogens (tertiary/aromatic N) is 1. The monoisotopic (exact) mass is 333 g/mol. The highest BCUT2D eigenvalue weighted by atomic mass is 19.1. The Balaban J connectivity index is 1.87. The van der Waals surface area contributed by atoms with Gasteiger partial charge in [0.1, 0.15) is 24.3 Å². The smallest absolute Gasteiger partial charge is 0.415 e. The van der Waals surface area contributed by atoms with Crippen LogP contribution in [0, 0.1) is 11.6 Å². The van der Waals surface area contributed by atoms with Crippen molar-refractivity contribution >= 4 is 17.7 Å². The molecule has 1 atom stereocenters. The van der Waals surface area contributed by atoms with E-state index in [0.29, 0.717) is 11.6 Å². The van der Waals surface area contributed by atoms with Crippen LogP contribution in [-0.4, -0.2) is 23.2 Å². The summed E-state index contributed by atoms with van der Waals surface area (Å²) in [5.41, 5.74) is 0.579. The molecule has 1 heterocycles. The number of benzene rings is 2. The van der Waals surface area contributed by atoms with Gasteiger partial charge in [0.25, 0.3) is 0 Å². The zero-order chi connectivity index (χ0) is 17.3. The number of carbonyl (C=O) groups is 2. The van der Waals surface area contributed by atoms with Crippen LogP contribution in [0.15, 0.2) is 42.5 Å². The number of amides is 1. The molecule has 24 heavy (non-hydrogen) atoms. The average Bonchev–Trinajstić information content (AvgIpc) is 2.93. The van der Waals surface area contributed by atoms with Gasteiger partial charge in [-0.05, 0) is 17.2 Å². The van der Waals surface area contributed by atoms with Crippen molar-refractivity contribution in [1.82, 2.24) is 0 Å². The van der Waals surface area contributed by atoms with Gasteiger partial charge in [-0.1, -0.05) is 30.3 Å². The molecular weight excluding hydrogens is 320 g/mol. The van der Waals surface area contributed by atoms with Gasteiger partial charge in [0.05, 0.1) is 5.69 Å². The molecule has 5 nitrogen and oxygen atoms in total. The quantitative estimate of drug-likeness (QED) is 0.937. The number of aliphatic carboxylic acids is 1. The molecule has 2 aromatic carbocycles. The lowest BCUT2D eigenvalue weighted by Crippen LogP contribution is -2.43. The van der Waals surface area contributed by atoms with Crippen LogP contribution in [0.4, 0.5) is 19.3 Å². The molecule has 0 saturated heterocycles. The van der Waals surface area contributed by atoms with E-state index in [4.69, 9.17) is 4.74 Å². The first-order valence-corrected chi connectivity index (χ1v) is 7.18. The lowest BCUT2D eigenvalue weighted by Gasteiger charge is -2.22. The lowest BCUT2D eigenvalue weighted by molar-refractivity contribution is -0.138. The highest BCUT2D eigenvalue weighted by Crippen LogP contribution is 2.36. The molecule has 1 aliphatic heterocycles. The summed E-state index contributed by atoms with van der Waals surface area (Å²) in [6, 6.07) is 9.09. The van der Waals surface area contributed by atoms with Crippen molar-refractivity contribution in [2.75, 3.05) is 4.90 Å². The molecule has 1 N–H and O–H groups in total. The third-order valence-corrected chi connectivity index (χ3v) is 3.76. The number of anilines is 1. The first-order valence-electron chi connectivity index (χ1n) is 7.18. The summed E-state index contributed by atoms with van der Waals surface area (Å²) in [5.74, 6) is -3.14. The third-order valence-electron chi connectivity index (χ3n) is 3.76. The molecule has 0 aliphatic carbocycles. The van der Waals surface area contributed by atoms with Crippen molar-refractivity contribution in [3.05, 3.63) is 65.2 Å². The van der Waals surface area contributed by atoms with Crippen molar-refractivity contribution < 1.29 is 28.2 Å².